The van der Waals surface area contributed by atoms with E-state index < -0.39 is 5.82 Å². The molecule has 7 heteroatoms. The number of ether oxygens (including phenoxy) is 2. The second-order valence-corrected chi connectivity index (χ2v) is 8.67. The molecule has 2 aliphatic carbocycles. The number of fused-ring (bicyclic) bond motifs is 1. The minimum Gasteiger partial charge on any atom is -0.496 e. The summed E-state index contributed by atoms with van der Waals surface area (Å²) < 4.78 is 25.2. The zero-order valence-electron chi connectivity index (χ0n) is 17.0. The van der Waals surface area contributed by atoms with Crippen molar-refractivity contribution in [2.75, 3.05) is 26.8 Å². The third kappa shape index (κ3) is 4.55. The van der Waals surface area contributed by atoms with Crippen molar-refractivity contribution in [2.24, 2.45) is 17.8 Å². The molecular weight excluding hydrogens is 375 g/mol. The van der Waals surface area contributed by atoms with E-state index in [4.69, 9.17) is 9.47 Å². The van der Waals surface area contributed by atoms with Gasteiger partial charge in [-0.25, -0.2) is 4.39 Å². The van der Waals surface area contributed by atoms with E-state index in [0.29, 0.717) is 36.6 Å². The lowest BCUT2D eigenvalue weighted by atomic mass is 9.77. The lowest BCUT2D eigenvalue weighted by Gasteiger charge is -2.38. The summed E-state index contributed by atoms with van der Waals surface area (Å²) in [7, 11) is 1.48. The quantitative estimate of drug-likeness (QED) is 0.792. The summed E-state index contributed by atoms with van der Waals surface area (Å²) in [4.78, 5) is 26.5. The number of nitrogens with one attached hydrogen (secondary N) is 1. The summed E-state index contributed by atoms with van der Waals surface area (Å²) in [5.74, 6) is 0.959. The second kappa shape index (κ2) is 8.30. The van der Waals surface area contributed by atoms with Crippen LogP contribution in [0, 0.1) is 23.6 Å². The number of amides is 2. The molecular formula is C22H29FN2O4. The Kier molecular flexibility index (Phi) is 5.76. The van der Waals surface area contributed by atoms with Crippen LogP contribution in [-0.4, -0.2) is 55.7 Å². The molecule has 3 aliphatic rings. The first-order chi connectivity index (χ1) is 13.9. The van der Waals surface area contributed by atoms with Gasteiger partial charge in [0.15, 0.2) is 0 Å². The van der Waals surface area contributed by atoms with Gasteiger partial charge in [-0.15, -0.1) is 0 Å². The first-order valence-corrected chi connectivity index (χ1v) is 10.5. The Hall–Kier alpha value is -2.15. The van der Waals surface area contributed by atoms with E-state index in [1.54, 1.807) is 4.90 Å². The fourth-order valence-corrected chi connectivity index (χ4v) is 4.74. The van der Waals surface area contributed by atoms with Gasteiger partial charge in [0, 0.05) is 26.6 Å². The molecule has 0 unspecified atom stereocenters. The highest BCUT2D eigenvalue weighted by Crippen LogP contribution is 2.39. The predicted molar refractivity (Wildman–Crippen MR) is 105 cm³/mol. The first kappa shape index (κ1) is 20.1. The third-order valence-electron chi connectivity index (χ3n) is 6.43. The number of hydrogen-bond donors (Lipinski definition) is 1. The summed E-state index contributed by atoms with van der Waals surface area (Å²) >= 11 is 0. The summed E-state index contributed by atoms with van der Waals surface area (Å²) in [5.41, 5.74) is 0.256. The molecule has 0 spiro atoms. The Morgan fingerprint density at radius 1 is 1.21 bits per heavy atom. The van der Waals surface area contributed by atoms with Crippen LogP contribution in [0.4, 0.5) is 4.39 Å². The van der Waals surface area contributed by atoms with Crippen LogP contribution in [0.5, 0.6) is 5.75 Å². The highest BCUT2D eigenvalue weighted by Gasteiger charge is 2.45. The van der Waals surface area contributed by atoms with Crippen molar-refractivity contribution in [3.05, 3.63) is 29.6 Å². The smallest absolute Gasteiger partial charge is 0.257 e. The fourth-order valence-electron chi connectivity index (χ4n) is 4.74. The van der Waals surface area contributed by atoms with Crippen molar-refractivity contribution in [1.29, 1.82) is 0 Å². The number of hydrogen-bond acceptors (Lipinski definition) is 4. The van der Waals surface area contributed by atoms with Gasteiger partial charge in [0.2, 0.25) is 5.91 Å². The molecule has 158 valence electrons. The van der Waals surface area contributed by atoms with Crippen LogP contribution in [0.3, 0.4) is 0 Å². The van der Waals surface area contributed by atoms with Gasteiger partial charge in [-0.3, -0.25) is 9.59 Å². The minimum atomic E-state index is -0.454. The maximum Gasteiger partial charge on any atom is 0.257 e. The fraction of sp³-hybridized carbons (Fsp3) is 0.636. The lowest BCUT2D eigenvalue weighted by Crippen LogP contribution is -2.50. The van der Waals surface area contributed by atoms with Crippen LogP contribution in [-0.2, 0) is 9.53 Å². The van der Waals surface area contributed by atoms with Crippen LogP contribution in [0.1, 0.15) is 43.0 Å². The standard InChI is InChI=1S/C22H29FN2O4/c1-13(26)24-19-7-15-10-25(11-16(15)8-21(19)29-12-14-3-4-14)22(27)18-9-17(23)5-6-20(18)28-2/h5-6,9,14-16,19,21H,3-4,7-8,10-12H2,1-2H3,(H,24,26)/t15-,16+,19-,21-/m1/s1. The van der Waals surface area contributed by atoms with E-state index in [1.807, 2.05) is 0 Å². The Morgan fingerprint density at radius 3 is 2.59 bits per heavy atom. The van der Waals surface area contributed by atoms with E-state index in [-0.39, 0.29) is 29.5 Å². The van der Waals surface area contributed by atoms with E-state index in [9.17, 15) is 14.0 Å². The summed E-state index contributed by atoms with van der Waals surface area (Å²) in [6.07, 6.45) is 4.05. The number of rotatable bonds is 6. The molecule has 2 amide bonds. The lowest BCUT2D eigenvalue weighted by molar-refractivity contribution is -0.122. The van der Waals surface area contributed by atoms with Crippen LogP contribution < -0.4 is 10.1 Å². The Bertz CT molecular complexity index is 782. The van der Waals surface area contributed by atoms with Gasteiger partial charge in [-0.05, 0) is 61.6 Å². The van der Waals surface area contributed by atoms with Crippen molar-refractivity contribution < 1.29 is 23.5 Å². The van der Waals surface area contributed by atoms with Crippen LogP contribution in [0.25, 0.3) is 0 Å². The van der Waals surface area contributed by atoms with Gasteiger partial charge < -0.3 is 19.7 Å². The van der Waals surface area contributed by atoms with Gasteiger partial charge in [0.05, 0.1) is 24.8 Å². The number of likely N-dealkylation sites (tertiary alicyclic amines) is 1. The largest absolute Gasteiger partial charge is 0.496 e. The van der Waals surface area contributed by atoms with Gasteiger partial charge in [-0.1, -0.05) is 0 Å². The zero-order chi connectivity index (χ0) is 20.5. The summed E-state index contributed by atoms with van der Waals surface area (Å²) in [6, 6.07) is 4.00. The molecule has 4 atom stereocenters. The van der Waals surface area contributed by atoms with Crippen molar-refractivity contribution in [1.82, 2.24) is 10.2 Å². The van der Waals surface area contributed by atoms with Gasteiger partial charge in [0.1, 0.15) is 11.6 Å². The van der Waals surface area contributed by atoms with E-state index in [0.717, 1.165) is 19.4 Å². The normalized spacial score (nSPS) is 28.7. The molecule has 1 saturated heterocycles. The molecule has 6 nitrogen and oxygen atoms in total. The Balaban J connectivity index is 1.46. The van der Waals surface area contributed by atoms with Gasteiger partial charge in [-0.2, -0.15) is 0 Å². The average molecular weight is 404 g/mol. The topological polar surface area (TPSA) is 67.9 Å². The van der Waals surface area contributed by atoms with Crippen LogP contribution in [0.2, 0.25) is 0 Å². The number of nitrogens with zero attached hydrogens (tertiary/aromatic N) is 1. The highest BCUT2D eigenvalue weighted by molar-refractivity contribution is 5.97. The monoisotopic (exact) mass is 404 g/mol. The Morgan fingerprint density at radius 2 is 1.93 bits per heavy atom. The first-order valence-electron chi connectivity index (χ1n) is 10.5. The molecule has 1 aliphatic heterocycles. The summed E-state index contributed by atoms with van der Waals surface area (Å²) in [5, 5.41) is 3.05. The number of carbonyl (C=O) groups excluding carboxylic acids is 2. The zero-order valence-corrected chi connectivity index (χ0v) is 17.0. The number of carbonyl (C=O) groups is 2. The molecule has 0 aromatic heterocycles. The second-order valence-electron chi connectivity index (χ2n) is 8.67. The number of benzene rings is 1. The maximum atomic E-state index is 13.7. The highest BCUT2D eigenvalue weighted by atomic mass is 19.1. The molecule has 2 saturated carbocycles. The summed E-state index contributed by atoms with van der Waals surface area (Å²) in [6.45, 7) is 3.51. The van der Waals surface area contributed by atoms with E-state index >= 15 is 0 Å². The number of methoxy groups -OCH3 is 1. The molecule has 1 heterocycles. The van der Waals surface area contributed by atoms with Crippen LogP contribution >= 0.6 is 0 Å². The van der Waals surface area contributed by atoms with Crippen molar-refractivity contribution in [3.8, 4) is 5.75 Å². The molecule has 0 bridgehead atoms. The Labute approximate surface area is 170 Å². The van der Waals surface area contributed by atoms with Crippen molar-refractivity contribution in [2.45, 2.75) is 44.8 Å². The minimum absolute atomic E-state index is 0.0143. The third-order valence-corrected chi connectivity index (χ3v) is 6.43. The van der Waals surface area contributed by atoms with Gasteiger partial charge >= 0.3 is 0 Å². The van der Waals surface area contributed by atoms with E-state index in [2.05, 4.69) is 5.32 Å². The molecule has 1 N–H and O–H groups in total. The molecule has 0 radical (unpaired) electrons. The molecule has 1 aromatic carbocycles. The molecule has 1 aromatic rings. The van der Waals surface area contributed by atoms with E-state index in [1.165, 1.54) is 45.1 Å². The molecule has 4 rings (SSSR count). The average Bonchev–Trinajstić information content (AvgIpc) is 3.43. The SMILES string of the molecule is COc1ccc(F)cc1C(=O)N1C[C@H]2C[C@@H](NC(C)=O)[C@H](OCC3CC3)C[C@H]2C1. The van der Waals surface area contributed by atoms with Crippen molar-refractivity contribution >= 4 is 11.8 Å². The maximum absolute atomic E-state index is 13.7. The van der Waals surface area contributed by atoms with Gasteiger partial charge in [0.25, 0.3) is 5.91 Å². The predicted octanol–water partition coefficient (Wildman–Crippen LogP) is 2.62. The van der Waals surface area contributed by atoms with Crippen LogP contribution in [0.15, 0.2) is 18.2 Å². The molecule has 3 fully saturated rings. The number of halogens is 1. The molecule has 29 heavy (non-hydrogen) atoms. The van der Waals surface area contributed by atoms with Crippen molar-refractivity contribution in [3.63, 3.8) is 0 Å².